The Labute approximate surface area is 115 Å². The fourth-order valence-electron chi connectivity index (χ4n) is 2.70. The molecule has 1 N–H and O–H groups in total. The van der Waals surface area contributed by atoms with E-state index in [9.17, 15) is 4.79 Å². The van der Waals surface area contributed by atoms with E-state index in [0.29, 0.717) is 17.9 Å². The molecule has 0 aromatic heterocycles. The fraction of sp³-hybridized carbons (Fsp3) is 0.562. The molecule has 0 heterocycles. The number of rotatable bonds is 4. The molecule has 0 saturated heterocycles. The van der Waals surface area contributed by atoms with Crippen molar-refractivity contribution in [2.45, 2.75) is 39.2 Å². The Hall–Kier alpha value is -1.51. The molecule has 1 aromatic carbocycles. The van der Waals surface area contributed by atoms with Crippen molar-refractivity contribution < 1.29 is 9.53 Å². The Kier molecular flexibility index (Phi) is 4.83. The molecule has 0 unspecified atom stereocenters. The standard InChI is InChI=1S/C16H23NO2/c1-12-7-6-10-15(13(12)2)17-16(18)11-19-14-8-4-3-5-9-14/h3-5,8-9,12-13,15H,6-7,10-11H2,1-2H3,(H,17,18)/t12-,13+,15-/m0/s1. The lowest BCUT2D eigenvalue weighted by atomic mass is 9.78. The van der Waals surface area contributed by atoms with Gasteiger partial charge in [0.05, 0.1) is 0 Å². The number of carbonyl (C=O) groups is 1. The summed E-state index contributed by atoms with van der Waals surface area (Å²) < 4.78 is 5.46. The number of hydrogen-bond donors (Lipinski definition) is 1. The van der Waals surface area contributed by atoms with Crippen molar-refractivity contribution in [3.63, 3.8) is 0 Å². The lowest BCUT2D eigenvalue weighted by molar-refractivity contribution is -0.124. The topological polar surface area (TPSA) is 38.3 Å². The molecule has 104 valence electrons. The average molecular weight is 261 g/mol. The van der Waals surface area contributed by atoms with Gasteiger partial charge < -0.3 is 10.1 Å². The Morgan fingerprint density at radius 3 is 2.74 bits per heavy atom. The van der Waals surface area contributed by atoms with Gasteiger partial charge in [-0.25, -0.2) is 0 Å². The van der Waals surface area contributed by atoms with Crippen LogP contribution in [0, 0.1) is 11.8 Å². The van der Waals surface area contributed by atoms with E-state index in [2.05, 4.69) is 19.2 Å². The Bertz CT molecular complexity index is 404. The van der Waals surface area contributed by atoms with Gasteiger partial charge >= 0.3 is 0 Å². The second-order valence-corrected chi connectivity index (χ2v) is 5.54. The number of hydrogen-bond acceptors (Lipinski definition) is 2. The van der Waals surface area contributed by atoms with Gasteiger partial charge in [-0.3, -0.25) is 4.79 Å². The fourth-order valence-corrected chi connectivity index (χ4v) is 2.70. The van der Waals surface area contributed by atoms with Crippen LogP contribution in [0.15, 0.2) is 30.3 Å². The average Bonchev–Trinajstić information content (AvgIpc) is 2.43. The van der Waals surface area contributed by atoms with Crippen LogP contribution in [-0.4, -0.2) is 18.6 Å². The highest BCUT2D eigenvalue weighted by Crippen LogP contribution is 2.29. The zero-order valence-electron chi connectivity index (χ0n) is 11.8. The van der Waals surface area contributed by atoms with E-state index in [4.69, 9.17) is 4.74 Å². The quantitative estimate of drug-likeness (QED) is 0.904. The van der Waals surface area contributed by atoms with Crippen molar-refractivity contribution in [1.82, 2.24) is 5.32 Å². The van der Waals surface area contributed by atoms with Crippen molar-refractivity contribution >= 4 is 5.91 Å². The highest BCUT2D eigenvalue weighted by molar-refractivity contribution is 5.77. The minimum absolute atomic E-state index is 0.0187. The first-order valence-corrected chi connectivity index (χ1v) is 7.14. The molecule has 1 saturated carbocycles. The predicted octanol–water partition coefficient (Wildman–Crippen LogP) is 3.01. The Balaban J connectivity index is 1.78. The Morgan fingerprint density at radius 1 is 1.26 bits per heavy atom. The van der Waals surface area contributed by atoms with Crippen LogP contribution in [0.1, 0.15) is 33.1 Å². The normalized spacial score (nSPS) is 26.7. The minimum atomic E-state index is -0.0187. The number of benzene rings is 1. The van der Waals surface area contributed by atoms with Gasteiger partial charge in [-0.1, -0.05) is 44.9 Å². The van der Waals surface area contributed by atoms with Gasteiger partial charge in [-0.15, -0.1) is 0 Å². The van der Waals surface area contributed by atoms with Gasteiger partial charge in [0.15, 0.2) is 6.61 Å². The lowest BCUT2D eigenvalue weighted by Gasteiger charge is -2.34. The molecule has 0 aliphatic heterocycles. The Morgan fingerprint density at radius 2 is 2.00 bits per heavy atom. The van der Waals surface area contributed by atoms with Crippen molar-refractivity contribution in [3.8, 4) is 5.75 Å². The van der Waals surface area contributed by atoms with Crippen LogP contribution in [0.5, 0.6) is 5.75 Å². The van der Waals surface area contributed by atoms with E-state index in [1.54, 1.807) is 0 Å². The third-order valence-electron chi connectivity index (χ3n) is 4.17. The van der Waals surface area contributed by atoms with Crippen LogP contribution >= 0.6 is 0 Å². The van der Waals surface area contributed by atoms with Crippen LogP contribution in [-0.2, 0) is 4.79 Å². The van der Waals surface area contributed by atoms with Crippen molar-refractivity contribution in [2.24, 2.45) is 11.8 Å². The maximum absolute atomic E-state index is 11.9. The second kappa shape index (κ2) is 6.60. The summed E-state index contributed by atoms with van der Waals surface area (Å²) in [6.45, 7) is 4.60. The summed E-state index contributed by atoms with van der Waals surface area (Å²) in [6, 6.07) is 9.75. The monoisotopic (exact) mass is 261 g/mol. The molecule has 0 radical (unpaired) electrons. The van der Waals surface area contributed by atoms with E-state index in [1.807, 2.05) is 30.3 Å². The molecule has 1 amide bonds. The van der Waals surface area contributed by atoms with Crippen LogP contribution < -0.4 is 10.1 Å². The largest absolute Gasteiger partial charge is 0.484 e. The highest BCUT2D eigenvalue weighted by Gasteiger charge is 2.28. The van der Waals surface area contributed by atoms with E-state index < -0.39 is 0 Å². The molecule has 1 aliphatic carbocycles. The summed E-state index contributed by atoms with van der Waals surface area (Å²) in [5.41, 5.74) is 0. The second-order valence-electron chi connectivity index (χ2n) is 5.54. The third kappa shape index (κ3) is 3.98. The summed E-state index contributed by atoms with van der Waals surface area (Å²) in [5, 5.41) is 3.11. The summed E-state index contributed by atoms with van der Waals surface area (Å²) in [4.78, 5) is 11.9. The lowest BCUT2D eigenvalue weighted by Crippen LogP contribution is -2.45. The molecule has 3 atom stereocenters. The SMILES string of the molecule is C[C@H]1[C@@H](NC(=O)COc2ccccc2)CCC[C@@H]1C. The third-order valence-corrected chi connectivity index (χ3v) is 4.17. The molecular weight excluding hydrogens is 238 g/mol. The molecule has 0 bridgehead atoms. The maximum Gasteiger partial charge on any atom is 0.258 e. The maximum atomic E-state index is 11.9. The van der Waals surface area contributed by atoms with Crippen LogP contribution in [0.3, 0.4) is 0 Å². The summed E-state index contributed by atoms with van der Waals surface area (Å²) in [5.74, 6) is 1.96. The minimum Gasteiger partial charge on any atom is -0.484 e. The number of para-hydroxylation sites is 1. The zero-order valence-corrected chi connectivity index (χ0v) is 11.8. The number of nitrogens with one attached hydrogen (secondary N) is 1. The molecular formula is C16H23NO2. The van der Waals surface area contributed by atoms with Crippen LogP contribution in [0.2, 0.25) is 0 Å². The smallest absolute Gasteiger partial charge is 0.258 e. The first-order chi connectivity index (χ1) is 9.16. The van der Waals surface area contributed by atoms with E-state index >= 15 is 0 Å². The molecule has 3 nitrogen and oxygen atoms in total. The molecule has 2 rings (SSSR count). The zero-order chi connectivity index (χ0) is 13.7. The van der Waals surface area contributed by atoms with Gasteiger partial charge in [0, 0.05) is 6.04 Å². The summed E-state index contributed by atoms with van der Waals surface area (Å²) >= 11 is 0. The highest BCUT2D eigenvalue weighted by atomic mass is 16.5. The van der Waals surface area contributed by atoms with Gasteiger partial charge in [-0.05, 0) is 30.4 Å². The van der Waals surface area contributed by atoms with Crippen molar-refractivity contribution in [3.05, 3.63) is 30.3 Å². The molecule has 1 aromatic rings. The molecule has 0 spiro atoms. The summed E-state index contributed by atoms with van der Waals surface area (Å²) in [7, 11) is 0. The molecule has 1 fully saturated rings. The van der Waals surface area contributed by atoms with Crippen LogP contribution in [0.4, 0.5) is 0 Å². The van der Waals surface area contributed by atoms with Crippen LogP contribution in [0.25, 0.3) is 0 Å². The first kappa shape index (κ1) is 13.9. The van der Waals surface area contributed by atoms with Gasteiger partial charge in [-0.2, -0.15) is 0 Å². The molecule has 1 aliphatic rings. The summed E-state index contributed by atoms with van der Waals surface area (Å²) in [6.07, 6.45) is 3.56. The van der Waals surface area contributed by atoms with Crippen molar-refractivity contribution in [1.29, 1.82) is 0 Å². The number of carbonyl (C=O) groups excluding carboxylic acids is 1. The van der Waals surface area contributed by atoms with Crippen molar-refractivity contribution in [2.75, 3.05) is 6.61 Å². The van der Waals surface area contributed by atoms with E-state index in [0.717, 1.165) is 12.2 Å². The van der Waals surface area contributed by atoms with Gasteiger partial charge in [0.1, 0.15) is 5.75 Å². The predicted molar refractivity (Wildman–Crippen MR) is 76.0 cm³/mol. The molecule has 3 heteroatoms. The van der Waals surface area contributed by atoms with Gasteiger partial charge in [0.2, 0.25) is 0 Å². The number of amides is 1. The number of ether oxygens (including phenoxy) is 1. The van der Waals surface area contributed by atoms with Gasteiger partial charge in [0.25, 0.3) is 5.91 Å². The molecule has 19 heavy (non-hydrogen) atoms. The first-order valence-electron chi connectivity index (χ1n) is 7.14. The van der Waals surface area contributed by atoms with E-state index in [-0.39, 0.29) is 12.5 Å². The van der Waals surface area contributed by atoms with E-state index in [1.165, 1.54) is 12.8 Å².